The van der Waals surface area contributed by atoms with Gasteiger partial charge in [-0.2, -0.15) is 0 Å². The average Bonchev–Trinajstić information content (AvgIpc) is 2.60. The number of ether oxygens (including phenoxy) is 1. The van der Waals surface area contributed by atoms with E-state index < -0.39 is 0 Å². The molecule has 0 radical (unpaired) electrons. The van der Waals surface area contributed by atoms with E-state index >= 15 is 0 Å². The van der Waals surface area contributed by atoms with Crippen LogP contribution in [-0.2, 0) is 4.74 Å². The van der Waals surface area contributed by atoms with Crippen molar-refractivity contribution >= 4 is 32.7 Å². The summed E-state index contributed by atoms with van der Waals surface area (Å²) in [4.78, 5) is 4.30. The fraction of sp³-hybridized carbons (Fsp3) is 0.300. The van der Waals surface area contributed by atoms with Crippen LogP contribution in [0.25, 0.3) is 11.1 Å². The summed E-state index contributed by atoms with van der Waals surface area (Å²) in [6.07, 6.45) is -0.171. The minimum absolute atomic E-state index is 0.171. The number of halogens is 1. The van der Waals surface area contributed by atoms with Crippen LogP contribution in [0, 0.1) is 0 Å². The molecular formula is C10H11BrN2O2. The van der Waals surface area contributed by atoms with Crippen LogP contribution >= 0.6 is 15.9 Å². The van der Waals surface area contributed by atoms with Crippen molar-refractivity contribution in [2.24, 2.45) is 0 Å². The molecule has 1 unspecified atom stereocenters. The Morgan fingerprint density at radius 1 is 1.53 bits per heavy atom. The van der Waals surface area contributed by atoms with E-state index in [1.165, 1.54) is 0 Å². The predicted octanol–water partition coefficient (Wildman–Crippen LogP) is 2.88. The van der Waals surface area contributed by atoms with E-state index in [2.05, 4.69) is 20.9 Å². The summed E-state index contributed by atoms with van der Waals surface area (Å²) >= 11 is 3.35. The molecule has 0 bridgehead atoms. The number of nitrogens with two attached hydrogens (primary N) is 1. The van der Waals surface area contributed by atoms with E-state index in [-0.39, 0.29) is 6.10 Å². The first-order chi connectivity index (χ1) is 7.11. The molecular weight excluding hydrogens is 260 g/mol. The van der Waals surface area contributed by atoms with Crippen LogP contribution in [0.1, 0.15) is 18.9 Å². The number of fused-ring (bicyclic) bond motifs is 1. The summed E-state index contributed by atoms with van der Waals surface area (Å²) in [6.45, 7) is 1.87. The maximum atomic E-state index is 5.81. The Bertz CT molecular complexity index is 495. The third kappa shape index (κ3) is 1.85. The standard InChI is InChI=1S/C10H11BrN2O2/c1-5(14-2)10-13-8-4-6(11)3-7(12)9(8)15-10/h3-5H,12H2,1-2H3. The zero-order valence-corrected chi connectivity index (χ0v) is 10.0. The molecule has 4 nitrogen and oxygen atoms in total. The Morgan fingerprint density at radius 3 is 2.93 bits per heavy atom. The zero-order chi connectivity index (χ0) is 11.0. The van der Waals surface area contributed by atoms with E-state index in [9.17, 15) is 0 Å². The van der Waals surface area contributed by atoms with E-state index in [1.54, 1.807) is 13.2 Å². The van der Waals surface area contributed by atoms with Crippen molar-refractivity contribution in [1.29, 1.82) is 0 Å². The molecule has 0 fully saturated rings. The smallest absolute Gasteiger partial charge is 0.224 e. The third-order valence-electron chi connectivity index (χ3n) is 2.20. The molecule has 1 atom stereocenters. The molecule has 5 heteroatoms. The van der Waals surface area contributed by atoms with Crippen LogP contribution in [0.4, 0.5) is 5.69 Å². The molecule has 1 heterocycles. The van der Waals surface area contributed by atoms with Crippen LogP contribution in [-0.4, -0.2) is 12.1 Å². The molecule has 0 aliphatic heterocycles. The van der Waals surface area contributed by atoms with Crippen LogP contribution in [0.2, 0.25) is 0 Å². The monoisotopic (exact) mass is 270 g/mol. The Balaban J connectivity index is 2.60. The summed E-state index contributed by atoms with van der Waals surface area (Å²) in [7, 11) is 1.61. The highest BCUT2D eigenvalue weighted by atomic mass is 79.9. The van der Waals surface area contributed by atoms with Crippen molar-refractivity contribution in [3.8, 4) is 0 Å². The third-order valence-corrected chi connectivity index (χ3v) is 2.66. The largest absolute Gasteiger partial charge is 0.436 e. The maximum Gasteiger partial charge on any atom is 0.224 e. The molecule has 0 saturated heterocycles. The topological polar surface area (TPSA) is 61.3 Å². The number of methoxy groups -OCH3 is 1. The van der Waals surface area contributed by atoms with Crippen molar-refractivity contribution in [2.75, 3.05) is 12.8 Å². The second-order valence-corrected chi connectivity index (χ2v) is 4.19. The van der Waals surface area contributed by atoms with E-state index in [4.69, 9.17) is 14.9 Å². The van der Waals surface area contributed by atoms with Crippen molar-refractivity contribution in [2.45, 2.75) is 13.0 Å². The van der Waals surface area contributed by atoms with Crippen LogP contribution < -0.4 is 5.73 Å². The minimum Gasteiger partial charge on any atom is -0.436 e. The molecule has 1 aromatic heterocycles. The Labute approximate surface area is 95.5 Å². The van der Waals surface area contributed by atoms with Crippen molar-refractivity contribution in [3.63, 3.8) is 0 Å². The van der Waals surface area contributed by atoms with Gasteiger partial charge in [0.15, 0.2) is 5.58 Å². The van der Waals surface area contributed by atoms with Gasteiger partial charge < -0.3 is 14.9 Å². The van der Waals surface area contributed by atoms with Gasteiger partial charge in [-0.05, 0) is 19.1 Å². The zero-order valence-electron chi connectivity index (χ0n) is 8.45. The highest BCUT2D eigenvalue weighted by Gasteiger charge is 2.14. The highest BCUT2D eigenvalue weighted by molar-refractivity contribution is 9.10. The number of nitrogens with zero attached hydrogens (tertiary/aromatic N) is 1. The van der Waals surface area contributed by atoms with Gasteiger partial charge >= 0.3 is 0 Å². The quantitative estimate of drug-likeness (QED) is 0.853. The van der Waals surface area contributed by atoms with Crippen molar-refractivity contribution in [1.82, 2.24) is 4.98 Å². The molecule has 0 saturated carbocycles. The van der Waals surface area contributed by atoms with Crippen LogP contribution in [0.3, 0.4) is 0 Å². The van der Waals surface area contributed by atoms with Gasteiger partial charge in [-0.3, -0.25) is 0 Å². The molecule has 2 rings (SSSR count). The first-order valence-corrected chi connectivity index (χ1v) is 5.29. The summed E-state index contributed by atoms with van der Waals surface area (Å²) in [6, 6.07) is 3.65. The van der Waals surface area contributed by atoms with E-state index in [0.717, 1.165) is 9.99 Å². The lowest BCUT2D eigenvalue weighted by Gasteiger charge is -2.01. The number of rotatable bonds is 2. The first-order valence-electron chi connectivity index (χ1n) is 4.50. The SMILES string of the molecule is COC(C)c1nc2cc(Br)cc(N)c2o1. The number of hydrogen-bond acceptors (Lipinski definition) is 4. The van der Waals surface area contributed by atoms with Gasteiger partial charge in [-0.1, -0.05) is 15.9 Å². The number of oxazole rings is 1. The number of aromatic nitrogens is 1. The lowest BCUT2D eigenvalue weighted by Crippen LogP contribution is -1.94. The predicted molar refractivity (Wildman–Crippen MR) is 61.5 cm³/mol. The molecule has 80 valence electrons. The number of nitrogen functional groups attached to an aromatic ring is 1. The molecule has 15 heavy (non-hydrogen) atoms. The molecule has 1 aromatic carbocycles. The Morgan fingerprint density at radius 2 is 2.27 bits per heavy atom. The summed E-state index contributed by atoms with van der Waals surface area (Å²) in [5, 5.41) is 0. The Hall–Kier alpha value is -1.07. The second-order valence-electron chi connectivity index (χ2n) is 3.27. The normalized spacial score (nSPS) is 13.3. The van der Waals surface area contributed by atoms with Gasteiger partial charge in [-0.25, -0.2) is 4.98 Å². The fourth-order valence-corrected chi connectivity index (χ4v) is 1.78. The van der Waals surface area contributed by atoms with Crippen molar-refractivity contribution in [3.05, 3.63) is 22.5 Å². The Kier molecular flexibility index (Phi) is 2.67. The van der Waals surface area contributed by atoms with Gasteiger partial charge in [0.1, 0.15) is 11.6 Å². The van der Waals surface area contributed by atoms with Gasteiger partial charge in [0, 0.05) is 11.6 Å². The molecule has 0 aliphatic carbocycles. The number of hydrogen-bond donors (Lipinski definition) is 1. The average molecular weight is 271 g/mol. The summed E-state index contributed by atoms with van der Waals surface area (Å²) in [5.74, 6) is 0.539. The summed E-state index contributed by atoms with van der Waals surface area (Å²) < 4.78 is 11.5. The van der Waals surface area contributed by atoms with Gasteiger partial charge in [0.2, 0.25) is 5.89 Å². The van der Waals surface area contributed by atoms with Gasteiger partial charge in [-0.15, -0.1) is 0 Å². The van der Waals surface area contributed by atoms with Crippen LogP contribution in [0.15, 0.2) is 21.0 Å². The van der Waals surface area contributed by atoms with Crippen LogP contribution in [0.5, 0.6) is 0 Å². The van der Waals surface area contributed by atoms with E-state index in [0.29, 0.717) is 17.2 Å². The summed E-state index contributed by atoms with van der Waals surface area (Å²) in [5.41, 5.74) is 7.72. The highest BCUT2D eigenvalue weighted by Crippen LogP contribution is 2.29. The minimum atomic E-state index is -0.171. The molecule has 0 aliphatic rings. The fourth-order valence-electron chi connectivity index (χ4n) is 1.31. The second kappa shape index (κ2) is 3.83. The van der Waals surface area contributed by atoms with Gasteiger partial charge in [0.05, 0.1) is 5.69 Å². The molecule has 0 spiro atoms. The first kappa shape index (κ1) is 10.4. The number of benzene rings is 1. The van der Waals surface area contributed by atoms with Gasteiger partial charge in [0.25, 0.3) is 0 Å². The maximum absolute atomic E-state index is 5.81. The molecule has 2 aromatic rings. The van der Waals surface area contributed by atoms with Crippen molar-refractivity contribution < 1.29 is 9.15 Å². The van der Waals surface area contributed by atoms with E-state index in [1.807, 2.05) is 13.0 Å². The molecule has 0 amide bonds. The number of anilines is 1. The lowest BCUT2D eigenvalue weighted by molar-refractivity contribution is 0.0964. The lowest BCUT2D eigenvalue weighted by atomic mass is 10.3. The molecule has 2 N–H and O–H groups in total.